The molecule has 1 N–H and O–H groups in total. The number of thiol groups is 1. The van der Waals surface area contributed by atoms with Crippen molar-refractivity contribution in [2.45, 2.75) is 0 Å². The van der Waals surface area contributed by atoms with Crippen molar-refractivity contribution < 1.29 is 4.84 Å². The minimum atomic E-state index is 0.725. The van der Waals surface area contributed by atoms with Gasteiger partial charge in [0.15, 0.2) is 0 Å². The topological polar surface area (TPSA) is 21.3 Å². The van der Waals surface area contributed by atoms with Crippen molar-refractivity contribution in [3.63, 3.8) is 0 Å². The average molecular weight is 115 g/mol. The summed E-state index contributed by atoms with van der Waals surface area (Å²) in [5, 5.41) is 0.725. The summed E-state index contributed by atoms with van der Waals surface area (Å²) in [7, 11) is 0. The van der Waals surface area contributed by atoms with Crippen LogP contribution in [0.1, 0.15) is 0 Å². The largest absolute Gasteiger partial charge is 0.390 e. The molecule has 1 aliphatic heterocycles. The van der Waals surface area contributed by atoms with Gasteiger partial charge >= 0.3 is 0 Å². The first-order valence-corrected chi connectivity index (χ1v) is 2.32. The van der Waals surface area contributed by atoms with Gasteiger partial charge in [-0.15, -0.1) is 12.6 Å². The Morgan fingerprint density at radius 1 is 1.71 bits per heavy atom. The predicted molar refractivity (Wildman–Crippen MR) is 30.4 cm³/mol. The fourth-order valence-corrected chi connectivity index (χ4v) is 0.437. The van der Waals surface area contributed by atoms with Crippen molar-refractivity contribution in [1.29, 1.82) is 0 Å². The molecular weight excluding hydrogens is 110 g/mol. The van der Waals surface area contributed by atoms with Gasteiger partial charge in [-0.25, -0.2) is 5.48 Å². The minimum Gasteiger partial charge on any atom is -0.390 e. The highest BCUT2D eigenvalue weighted by atomic mass is 32.1. The van der Waals surface area contributed by atoms with E-state index in [4.69, 9.17) is 0 Å². The molecule has 1 rings (SSSR count). The molecule has 1 aliphatic rings. The first-order chi connectivity index (χ1) is 3.39. The summed E-state index contributed by atoms with van der Waals surface area (Å²) >= 11 is 3.94. The standard InChI is InChI=1S/C4H5NOS/c7-4-2-1-3-6-5-4/h1-3,5,7H. The Kier molecular flexibility index (Phi) is 1.26. The van der Waals surface area contributed by atoms with E-state index in [2.05, 4.69) is 22.9 Å². The maximum atomic E-state index is 4.61. The maximum absolute atomic E-state index is 4.61. The van der Waals surface area contributed by atoms with E-state index in [9.17, 15) is 0 Å². The van der Waals surface area contributed by atoms with Crippen LogP contribution < -0.4 is 5.48 Å². The van der Waals surface area contributed by atoms with Gasteiger partial charge in [0.2, 0.25) is 0 Å². The summed E-state index contributed by atoms with van der Waals surface area (Å²) in [5.74, 6) is 0. The number of nitrogens with one attached hydrogen (secondary N) is 1. The molecule has 0 unspecified atom stereocenters. The van der Waals surface area contributed by atoms with Crippen molar-refractivity contribution in [3.8, 4) is 0 Å². The minimum absolute atomic E-state index is 0.725. The zero-order chi connectivity index (χ0) is 5.11. The molecular formula is C4H5NOS. The molecule has 0 aromatic heterocycles. The van der Waals surface area contributed by atoms with Crippen LogP contribution in [0, 0.1) is 0 Å². The Morgan fingerprint density at radius 2 is 2.57 bits per heavy atom. The van der Waals surface area contributed by atoms with Crippen molar-refractivity contribution in [3.05, 3.63) is 23.4 Å². The molecule has 0 atom stereocenters. The van der Waals surface area contributed by atoms with Crippen LogP contribution in [0.15, 0.2) is 23.4 Å². The second kappa shape index (κ2) is 1.93. The SMILES string of the molecule is SC1=CC=CON1. The predicted octanol–water partition coefficient (Wildman–Crippen LogP) is 0.806. The molecule has 38 valence electrons. The van der Waals surface area contributed by atoms with Crippen LogP contribution in [-0.2, 0) is 4.84 Å². The molecule has 0 spiro atoms. The summed E-state index contributed by atoms with van der Waals surface area (Å²) in [6.45, 7) is 0. The van der Waals surface area contributed by atoms with E-state index in [1.54, 1.807) is 18.4 Å². The van der Waals surface area contributed by atoms with Crippen LogP contribution in [-0.4, -0.2) is 0 Å². The lowest BCUT2D eigenvalue weighted by Crippen LogP contribution is -2.07. The lowest BCUT2D eigenvalue weighted by atomic mass is 10.6. The molecule has 0 saturated heterocycles. The Bertz CT molecular complexity index is 119. The lowest BCUT2D eigenvalue weighted by molar-refractivity contribution is 0.169. The van der Waals surface area contributed by atoms with Crippen LogP contribution in [0.2, 0.25) is 0 Å². The fourth-order valence-electron chi connectivity index (χ4n) is 0.298. The summed E-state index contributed by atoms with van der Waals surface area (Å²) in [6, 6.07) is 0. The molecule has 0 amide bonds. The van der Waals surface area contributed by atoms with Crippen molar-refractivity contribution in [2.24, 2.45) is 0 Å². The summed E-state index contributed by atoms with van der Waals surface area (Å²) < 4.78 is 0. The van der Waals surface area contributed by atoms with Crippen LogP contribution in [0.4, 0.5) is 0 Å². The number of rotatable bonds is 0. The second-order valence-corrected chi connectivity index (χ2v) is 1.58. The Labute approximate surface area is 47.2 Å². The highest BCUT2D eigenvalue weighted by Gasteiger charge is 1.86. The molecule has 2 nitrogen and oxygen atoms in total. The number of allylic oxidation sites excluding steroid dienone is 2. The summed E-state index contributed by atoms with van der Waals surface area (Å²) in [4.78, 5) is 4.61. The van der Waals surface area contributed by atoms with Crippen molar-refractivity contribution in [1.82, 2.24) is 5.48 Å². The van der Waals surface area contributed by atoms with Crippen LogP contribution in [0.3, 0.4) is 0 Å². The van der Waals surface area contributed by atoms with Crippen LogP contribution in [0.5, 0.6) is 0 Å². The maximum Gasteiger partial charge on any atom is 0.119 e. The quantitative estimate of drug-likeness (QED) is 0.456. The molecule has 0 aromatic carbocycles. The Hall–Kier alpha value is -0.570. The van der Waals surface area contributed by atoms with Gasteiger partial charge in [0.1, 0.15) is 11.3 Å². The van der Waals surface area contributed by atoms with E-state index in [1.165, 1.54) is 0 Å². The van der Waals surface area contributed by atoms with Gasteiger partial charge in [0.25, 0.3) is 0 Å². The van der Waals surface area contributed by atoms with Gasteiger partial charge in [-0.3, -0.25) is 0 Å². The van der Waals surface area contributed by atoms with Crippen molar-refractivity contribution >= 4 is 12.6 Å². The second-order valence-electron chi connectivity index (χ2n) is 1.10. The van der Waals surface area contributed by atoms with E-state index in [-0.39, 0.29) is 0 Å². The van der Waals surface area contributed by atoms with Gasteiger partial charge in [-0.2, -0.15) is 0 Å². The number of hydrogen-bond acceptors (Lipinski definition) is 3. The average Bonchev–Trinajstić information content (AvgIpc) is 1.69. The molecule has 0 aromatic rings. The van der Waals surface area contributed by atoms with E-state index in [0.717, 1.165) is 5.03 Å². The molecule has 0 aliphatic carbocycles. The Morgan fingerprint density at radius 3 is 2.86 bits per heavy atom. The van der Waals surface area contributed by atoms with Gasteiger partial charge in [0, 0.05) is 0 Å². The van der Waals surface area contributed by atoms with E-state index < -0.39 is 0 Å². The van der Waals surface area contributed by atoms with Crippen LogP contribution in [0.25, 0.3) is 0 Å². The highest BCUT2D eigenvalue weighted by Crippen LogP contribution is 1.98. The first kappa shape index (κ1) is 4.59. The normalized spacial score (nSPS) is 17.0. The molecule has 7 heavy (non-hydrogen) atoms. The third-order valence-electron chi connectivity index (χ3n) is 0.564. The summed E-state index contributed by atoms with van der Waals surface area (Å²) in [6.07, 6.45) is 5.10. The van der Waals surface area contributed by atoms with E-state index >= 15 is 0 Å². The van der Waals surface area contributed by atoms with Gasteiger partial charge in [0.05, 0.1) is 0 Å². The molecule has 0 fully saturated rings. The first-order valence-electron chi connectivity index (χ1n) is 1.87. The van der Waals surface area contributed by atoms with Gasteiger partial charge in [-0.05, 0) is 12.2 Å². The summed E-state index contributed by atoms with van der Waals surface area (Å²) in [5.41, 5.74) is 2.52. The molecule has 0 radical (unpaired) electrons. The molecule has 1 heterocycles. The smallest absolute Gasteiger partial charge is 0.119 e. The highest BCUT2D eigenvalue weighted by molar-refractivity contribution is 7.84. The van der Waals surface area contributed by atoms with Gasteiger partial charge < -0.3 is 4.84 Å². The Balaban J connectivity index is 2.57. The van der Waals surface area contributed by atoms with Crippen molar-refractivity contribution in [2.75, 3.05) is 0 Å². The van der Waals surface area contributed by atoms with Gasteiger partial charge in [-0.1, -0.05) is 0 Å². The zero-order valence-corrected chi connectivity index (χ0v) is 4.48. The monoisotopic (exact) mass is 115 g/mol. The van der Waals surface area contributed by atoms with Crippen LogP contribution >= 0.6 is 12.6 Å². The third-order valence-corrected chi connectivity index (χ3v) is 0.805. The molecule has 0 bridgehead atoms. The third kappa shape index (κ3) is 1.16. The zero-order valence-electron chi connectivity index (χ0n) is 3.59. The lowest BCUT2D eigenvalue weighted by Gasteiger charge is -2.04. The molecule has 3 heteroatoms. The number of hydrogen-bond donors (Lipinski definition) is 2. The van der Waals surface area contributed by atoms with E-state index in [0.29, 0.717) is 0 Å². The fraction of sp³-hybridized carbons (Fsp3) is 0. The number of hydroxylamine groups is 1. The molecule has 0 saturated carbocycles. The van der Waals surface area contributed by atoms with E-state index in [1.807, 2.05) is 0 Å².